The minimum absolute atomic E-state index is 0.403. The van der Waals surface area contributed by atoms with E-state index in [0.717, 1.165) is 6.42 Å². The summed E-state index contributed by atoms with van der Waals surface area (Å²) in [6, 6.07) is 0. The fourth-order valence-corrected chi connectivity index (χ4v) is 0.576. The molecule has 0 aromatic heterocycles. The van der Waals surface area contributed by atoms with Crippen molar-refractivity contribution >= 4 is 12.1 Å². The SMILES string of the molecule is NNC=O.[N-]=[N+]=C1C=CC=CC1. The van der Waals surface area contributed by atoms with Crippen molar-refractivity contribution in [2.45, 2.75) is 6.42 Å². The van der Waals surface area contributed by atoms with Gasteiger partial charge in [0.2, 0.25) is 6.41 Å². The summed E-state index contributed by atoms with van der Waals surface area (Å²) < 4.78 is 0. The van der Waals surface area contributed by atoms with E-state index in [1.54, 1.807) is 11.5 Å². The quantitative estimate of drug-likeness (QED) is 0.141. The second kappa shape index (κ2) is 7.40. The molecule has 0 fully saturated rings. The normalized spacial score (nSPS) is 12.6. The highest BCUT2D eigenvalue weighted by Gasteiger charge is 1.99. The molecule has 1 aliphatic rings. The van der Waals surface area contributed by atoms with Gasteiger partial charge in [-0.05, 0) is 0 Å². The molecule has 0 spiro atoms. The Morgan fingerprint density at radius 2 is 2.33 bits per heavy atom. The van der Waals surface area contributed by atoms with Crippen molar-refractivity contribution in [1.29, 1.82) is 0 Å². The number of amides is 1. The highest BCUT2D eigenvalue weighted by molar-refractivity contribution is 5.92. The van der Waals surface area contributed by atoms with Crippen LogP contribution >= 0.6 is 0 Å². The molecule has 64 valence electrons. The topological polar surface area (TPSA) is 91.5 Å². The zero-order valence-corrected chi connectivity index (χ0v) is 6.47. The van der Waals surface area contributed by atoms with Gasteiger partial charge in [-0.25, -0.2) is 5.84 Å². The van der Waals surface area contributed by atoms with Gasteiger partial charge in [0, 0.05) is 6.08 Å². The summed E-state index contributed by atoms with van der Waals surface area (Å²) in [5.74, 6) is 4.41. The molecule has 3 N–H and O–H groups in total. The van der Waals surface area contributed by atoms with Crippen LogP contribution in [0.25, 0.3) is 5.53 Å². The molecule has 0 aliphatic heterocycles. The van der Waals surface area contributed by atoms with Crippen LogP contribution < -0.4 is 11.3 Å². The van der Waals surface area contributed by atoms with Crippen molar-refractivity contribution in [1.82, 2.24) is 5.43 Å². The van der Waals surface area contributed by atoms with E-state index in [-0.39, 0.29) is 0 Å². The molecule has 0 saturated heterocycles. The Balaban J connectivity index is 0.000000261. The van der Waals surface area contributed by atoms with Crippen LogP contribution in [0.2, 0.25) is 0 Å². The Bertz CT molecular complexity index is 238. The smallest absolute Gasteiger partial charge is 0.295 e. The molecule has 0 aromatic rings. The fraction of sp³-hybridized carbons (Fsp3) is 0.143. The van der Waals surface area contributed by atoms with Crippen molar-refractivity contribution in [3.63, 3.8) is 0 Å². The number of hydrogen-bond acceptors (Lipinski definition) is 2. The van der Waals surface area contributed by atoms with Crippen LogP contribution in [0.5, 0.6) is 0 Å². The van der Waals surface area contributed by atoms with Gasteiger partial charge < -0.3 is 5.53 Å². The second-order valence-electron chi connectivity index (χ2n) is 1.87. The maximum absolute atomic E-state index is 8.94. The van der Waals surface area contributed by atoms with Crippen LogP contribution in [-0.4, -0.2) is 16.9 Å². The monoisotopic (exact) mass is 166 g/mol. The number of nitrogens with zero attached hydrogens (tertiary/aromatic N) is 2. The molecule has 1 aliphatic carbocycles. The Labute approximate surface area is 70.2 Å². The van der Waals surface area contributed by atoms with Crippen LogP contribution in [0.4, 0.5) is 0 Å². The lowest BCUT2D eigenvalue weighted by Crippen LogP contribution is -2.18. The summed E-state index contributed by atoms with van der Waals surface area (Å²) in [5, 5.41) is 0. The molecular weight excluding hydrogens is 156 g/mol. The molecule has 12 heavy (non-hydrogen) atoms. The summed E-state index contributed by atoms with van der Waals surface area (Å²) in [4.78, 5) is 12.0. The number of carbonyl (C=O) groups excluding carboxylic acids is 1. The first-order valence-electron chi connectivity index (χ1n) is 3.29. The molecule has 0 bridgehead atoms. The molecule has 0 radical (unpaired) electrons. The lowest BCUT2D eigenvalue weighted by Gasteiger charge is -1.85. The van der Waals surface area contributed by atoms with Gasteiger partial charge in [0.05, 0.1) is 6.42 Å². The van der Waals surface area contributed by atoms with Gasteiger partial charge in [0.1, 0.15) is 0 Å². The predicted octanol–water partition coefficient (Wildman–Crippen LogP) is -0.221. The standard InChI is InChI=1S/C6H6N2.CH4N2O/c7-8-6-4-2-1-3-5-6;2-3-1-4/h1-4H,5H2;1H,2H2,(H,3,4). The predicted molar refractivity (Wildman–Crippen MR) is 44.9 cm³/mol. The number of nitrogens with one attached hydrogen (secondary N) is 1. The Hall–Kier alpha value is -1.71. The molecule has 1 rings (SSSR count). The largest absolute Gasteiger partial charge is 0.361 e. The third-order valence-corrected chi connectivity index (χ3v) is 1.06. The van der Waals surface area contributed by atoms with Gasteiger partial charge in [-0.2, -0.15) is 4.79 Å². The van der Waals surface area contributed by atoms with Gasteiger partial charge in [0.15, 0.2) is 0 Å². The minimum atomic E-state index is 0.403. The highest BCUT2D eigenvalue weighted by atomic mass is 16.1. The zero-order chi connectivity index (χ0) is 9.23. The molecule has 0 saturated carbocycles. The Morgan fingerprint density at radius 3 is 2.58 bits per heavy atom. The summed E-state index contributed by atoms with van der Waals surface area (Å²) in [5.41, 5.74) is 10.7. The van der Waals surface area contributed by atoms with Gasteiger partial charge >= 0.3 is 0 Å². The fourth-order valence-electron chi connectivity index (χ4n) is 0.576. The molecule has 1 amide bonds. The van der Waals surface area contributed by atoms with Gasteiger partial charge in [-0.1, -0.05) is 18.2 Å². The average Bonchev–Trinajstić information content (AvgIpc) is 2.19. The molecule has 0 heterocycles. The average molecular weight is 166 g/mol. The maximum Gasteiger partial charge on any atom is 0.295 e. The van der Waals surface area contributed by atoms with Crippen LogP contribution in [0, 0.1) is 0 Å². The van der Waals surface area contributed by atoms with Crippen LogP contribution in [0.3, 0.4) is 0 Å². The van der Waals surface area contributed by atoms with Gasteiger partial charge in [0.25, 0.3) is 5.71 Å². The summed E-state index contributed by atoms with van der Waals surface area (Å²) in [7, 11) is 0. The number of allylic oxidation sites excluding steroid dienone is 4. The van der Waals surface area contributed by atoms with E-state index in [2.05, 4.69) is 10.6 Å². The number of hydrazine groups is 1. The van der Waals surface area contributed by atoms with E-state index in [9.17, 15) is 0 Å². The molecule has 5 nitrogen and oxygen atoms in total. The third kappa shape index (κ3) is 5.10. The summed E-state index contributed by atoms with van der Waals surface area (Å²) >= 11 is 0. The van der Waals surface area contributed by atoms with Crippen molar-refractivity contribution < 1.29 is 9.58 Å². The van der Waals surface area contributed by atoms with Crippen LogP contribution in [-0.2, 0) is 4.79 Å². The van der Waals surface area contributed by atoms with E-state index in [1.165, 1.54) is 0 Å². The number of rotatable bonds is 1. The van der Waals surface area contributed by atoms with E-state index < -0.39 is 0 Å². The molecule has 0 aromatic carbocycles. The van der Waals surface area contributed by atoms with Crippen molar-refractivity contribution in [2.24, 2.45) is 5.84 Å². The van der Waals surface area contributed by atoms with Gasteiger partial charge in [-0.15, -0.1) is 0 Å². The first-order chi connectivity index (χ1) is 5.85. The van der Waals surface area contributed by atoms with Crippen molar-refractivity contribution in [2.75, 3.05) is 0 Å². The molecule has 0 unspecified atom stereocenters. The van der Waals surface area contributed by atoms with E-state index in [1.807, 2.05) is 18.2 Å². The highest BCUT2D eigenvalue weighted by Crippen LogP contribution is 1.94. The van der Waals surface area contributed by atoms with Gasteiger partial charge in [-0.3, -0.25) is 10.2 Å². The molecule has 5 heteroatoms. The Kier molecular flexibility index (Phi) is 6.34. The number of hydrogen-bond donors (Lipinski definition) is 2. The zero-order valence-electron chi connectivity index (χ0n) is 6.47. The lowest BCUT2D eigenvalue weighted by atomic mass is 10.2. The minimum Gasteiger partial charge on any atom is -0.361 e. The van der Waals surface area contributed by atoms with E-state index in [0.29, 0.717) is 12.1 Å². The first kappa shape index (κ1) is 10.3. The maximum atomic E-state index is 8.94. The van der Waals surface area contributed by atoms with E-state index in [4.69, 9.17) is 10.3 Å². The molecule has 0 atom stereocenters. The third-order valence-electron chi connectivity index (χ3n) is 1.06. The van der Waals surface area contributed by atoms with Crippen molar-refractivity contribution in [3.05, 3.63) is 29.8 Å². The summed E-state index contributed by atoms with van der Waals surface area (Å²) in [6.45, 7) is 0. The van der Waals surface area contributed by atoms with E-state index >= 15 is 0 Å². The Morgan fingerprint density at radius 1 is 1.67 bits per heavy atom. The van der Waals surface area contributed by atoms with Crippen molar-refractivity contribution in [3.8, 4) is 0 Å². The molecular formula is C7H10N4O. The second-order valence-corrected chi connectivity index (χ2v) is 1.87. The van der Waals surface area contributed by atoms with Crippen LogP contribution in [0.1, 0.15) is 6.42 Å². The number of carbonyl (C=O) groups is 1. The number of nitrogens with two attached hydrogens (primary N) is 1. The van der Waals surface area contributed by atoms with Crippen LogP contribution in [0.15, 0.2) is 24.3 Å². The first-order valence-corrected chi connectivity index (χ1v) is 3.29. The lowest BCUT2D eigenvalue weighted by molar-refractivity contribution is -0.109. The summed E-state index contributed by atoms with van der Waals surface area (Å²) in [6.07, 6.45) is 8.63.